The average Bonchev–Trinajstić information content (AvgIpc) is 2.91. The number of nitrogens with zero attached hydrogens (tertiary/aromatic N) is 3. The maximum Gasteiger partial charge on any atom is 0.330 e. The zero-order chi connectivity index (χ0) is 14.5. The maximum atomic E-state index is 11.7. The van der Waals surface area contributed by atoms with Crippen LogP contribution in [0.25, 0.3) is 0 Å². The van der Waals surface area contributed by atoms with E-state index in [0.29, 0.717) is 13.1 Å². The van der Waals surface area contributed by atoms with Crippen LogP contribution in [0, 0.1) is 0 Å². The zero-order valence-electron chi connectivity index (χ0n) is 11.3. The van der Waals surface area contributed by atoms with E-state index in [0.717, 1.165) is 13.0 Å². The summed E-state index contributed by atoms with van der Waals surface area (Å²) in [6, 6.07) is 1.85. The van der Waals surface area contributed by atoms with E-state index in [2.05, 4.69) is 15.4 Å². The van der Waals surface area contributed by atoms with Crippen molar-refractivity contribution in [2.45, 2.75) is 26.4 Å². The van der Waals surface area contributed by atoms with Crippen LogP contribution in [-0.4, -0.2) is 25.9 Å². The number of hydrogen-bond acceptors (Lipinski definition) is 5. The third-order valence-electron chi connectivity index (χ3n) is 2.98. The van der Waals surface area contributed by atoms with Crippen LogP contribution < -0.4 is 22.3 Å². The molecule has 2 rings (SSSR count). The monoisotopic (exact) mass is 278 g/mol. The van der Waals surface area contributed by atoms with E-state index in [4.69, 9.17) is 5.73 Å². The molecule has 2 aromatic heterocycles. The number of anilines is 2. The number of rotatable bonds is 6. The Hall–Kier alpha value is -2.51. The van der Waals surface area contributed by atoms with Crippen molar-refractivity contribution >= 4 is 11.5 Å². The number of H-pyrrole nitrogens is 1. The highest BCUT2D eigenvalue weighted by Crippen LogP contribution is 2.09. The van der Waals surface area contributed by atoms with Crippen molar-refractivity contribution in [3.63, 3.8) is 0 Å². The summed E-state index contributed by atoms with van der Waals surface area (Å²) in [4.78, 5) is 25.5. The molecule has 0 bridgehead atoms. The lowest BCUT2D eigenvalue weighted by Gasteiger charge is -2.12. The molecule has 108 valence electrons. The summed E-state index contributed by atoms with van der Waals surface area (Å²) in [5.41, 5.74) is 5.10. The Kier molecular flexibility index (Phi) is 4.24. The summed E-state index contributed by atoms with van der Waals surface area (Å²) in [6.07, 6.45) is 4.37. The molecule has 0 aliphatic heterocycles. The van der Waals surface area contributed by atoms with E-state index in [1.165, 1.54) is 4.57 Å². The molecule has 4 N–H and O–H groups in total. The van der Waals surface area contributed by atoms with Gasteiger partial charge in [0, 0.05) is 32.0 Å². The van der Waals surface area contributed by atoms with Crippen molar-refractivity contribution in [3.05, 3.63) is 39.3 Å². The first kappa shape index (κ1) is 13.9. The van der Waals surface area contributed by atoms with Crippen molar-refractivity contribution in [2.24, 2.45) is 0 Å². The van der Waals surface area contributed by atoms with Crippen molar-refractivity contribution in [3.8, 4) is 0 Å². The van der Waals surface area contributed by atoms with E-state index < -0.39 is 11.2 Å². The van der Waals surface area contributed by atoms with Gasteiger partial charge in [-0.05, 0) is 19.4 Å². The quantitative estimate of drug-likeness (QED) is 0.636. The molecule has 0 saturated carbocycles. The molecule has 8 heteroatoms. The summed E-state index contributed by atoms with van der Waals surface area (Å²) in [6.45, 7) is 3.50. The lowest BCUT2D eigenvalue weighted by molar-refractivity contribution is 0.591. The predicted molar refractivity (Wildman–Crippen MR) is 76.7 cm³/mol. The van der Waals surface area contributed by atoms with Gasteiger partial charge in [0.15, 0.2) is 0 Å². The number of nitrogens with two attached hydrogens (primary N) is 1. The van der Waals surface area contributed by atoms with Crippen LogP contribution in [0.1, 0.15) is 13.3 Å². The molecule has 0 aromatic carbocycles. The molecular weight excluding hydrogens is 260 g/mol. The summed E-state index contributed by atoms with van der Waals surface area (Å²) >= 11 is 0. The third-order valence-corrected chi connectivity index (χ3v) is 2.98. The second-order valence-corrected chi connectivity index (χ2v) is 4.31. The minimum absolute atomic E-state index is 0.167. The normalized spacial score (nSPS) is 10.7. The number of hydrogen-bond donors (Lipinski definition) is 3. The summed E-state index contributed by atoms with van der Waals surface area (Å²) in [7, 11) is 0. The second-order valence-electron chi connectivity index (χ2n) is 4.31. The number of aromatic nitrogens is 4. The Balaban J connectivity index is 2.02. The molecule has 0 unspecified atom stereocenters. The van der Waals surface area contributed by atoms with Crippen LogP contribution >= 0.6 is 0 Å². The van der Waals surface area contributed by atoms with Gasteiger partial charge in [-0.15, -0.1) is 0 Å². The maximum absolute atomic E-state index is 11.7. The Bertz CT molecular complexity index is 670. The highest BCUT2D eigenvalue weighted by molar-refractivity contribution is 5.60. The fourth-order valence-corrected chi connectivity index (χ4v) is 1.96. The summed E-state index contributed by atoms with van der Waals surface area (Å²) < 4.78 is 3.12. The number of nitrogens with one attached hydrogen (secondary N) is 2. The second kappa shape index (κ2) is 6.09. The average molecular weight is 278 g/mol. The number of nitrogen functional groups attached to an aromatic ring is 1. The lowest BCUT2D eigenvalue weighted by atomic mass is 10.3. The van der Waals surface area contributed by atoms with Gasteiger partial charge < -0.3 is 11.1 Å². The molecule has 0 fully saturated rings. The third kappa shape index (κ3) is 2.90. The summed E-state index contributed by atoms with van der Waals surface area (Å²) in [5.74, 6) is 0.167. The number of aryl methyl sites for hydroxylation is 1. The first-order chi connectivity index (χ1) is 9.63. The van der Waals surface area contributed by atoms with E-state index >= 15 is 0 Å². The Labute approximate surface area is 115 Å². The molecular formula is C12H18N6O2. The molecule has 8 nitrogen and oxygen atoms in total. The molecule has 0 aliphatic carbocycles. The van der Waals surface area contributed by atoms with Gasteiger partial charge in [-0.1, -0.05) is 0 Å². The minimum Gasteiger partial charge on any atom is -0.383 e. The van der Waals surface area contributed by atoms with Gasteiger partial charge in [0.1, 0.15) is 11.5 Å². The molecule has 0 amide bonds. The van der Waals surface area contributed by atoms with Gasteiger partial charge in [-0.25, -0.2) is 4.79 Å². The fraction of sp³-hybridized carbons (Fsp3) is 0.417. The number of aromatic amines is 1. The summed E-state index contributed by atoms with van der Waals surface area (Å²) in [5, 5.41) is 7.06. The standard InChI is InChI=1S/C12H18N6O2/c1-2-18-10(13)9(11(19)16-12(18)20)14-5-3-7-17-8-4-6-15-17/h4,6,8,14H,2-3,5,7,13H2,1H3,(H,16,19,20). The van der Waals surface area contributed by atoms with Crippen molar-refractivity contribution in [2.75, 3.05) is 17.6 Å². The highest BCUT2D eigenvalue weighted by atomic mass is 16.2. The van der Waals surface area contributed by atoms with Gasteiger partial charge in [0.2, 0.25) is 0 Å². The molecule has 0 aliphatic rings. The van der Waals surface area contributed by atoms with Crippen molar-refractivity contribution in [1.29, 1.82) is 0 Å². The molecule has 0 spiro atoms. The molecule has 0 atom stereocenters. The molecule has 0 radical (unpaired) electrons. The lowest BCUT2D eigenvalue weighted by Crippen LogP contribution is -2.33. The zero-order valence-corrected chi connectivity index (χ0v) is 11.3. The Morgan fingerprint density at radius 3 is 2.90 bits per heavy atom. The van der Waals surface area contributed by atoms with Crippen molar-refractivity contribution in [1.82, 2.24) is 19.3 Å². The highest BCUT2D eigenvalue weighted by Gasteiger charge is 2.10. The first-order valence-electron chi connectivity index (χ1n) is 6.47. The molecule has 2 heterocycles. The molecule has 20 heavy (non-hydrogen) atoms. The van der Waals surface area contributed by atoms with Gasteiger partial charge in [0.25, 0.3) is 5.56 Å². The minimum atomic E-state index is -0.490. The van der Waals surface area contributed by atoms with Crippen LogP contribution in [0.2, 0.25) is 0 Å². The van der Waals surface area contributed by atoms with Crippen LogP contribution in [0.15, 0.2) is 28.0 Å². The van der Waals surface area contributed by atoms with Gasteiger partial charge in [-0.2, -0.15) is 5.10 Å². The van der Waals surface area contributed by atoms with Gasteiger partial charge >= 0.3 is 5.69 Å². The fourth-order valence-electron chi connectivity index (χ4n) is 1.96. The molecule has 0 saturated heterocycles. The van der Waals surface area contributed by atoms with E-state index in [1.54, 1.807) is 13.1 Å². The van der Waals surface area contributed by atoms with E-state index in [-0.39, 0.29) is 11.5 Å². The first-order valence-corrected chi connectivity index (χ1v) is 6.47. The van der Waals surface area contributed by atoms with Crippen molar-refractivity contribution < 1.29 is 0 Å². The SMILES string of the molecule is CCn1c(N)c(NCCCn2cccn2)c(=O)[nH]c1=O. The van der Waals surface area contributed by atoms with E-state index in [9.17, 15) is 9.59 Å². The van der Waals surface area contributed by atoms with E-state index in [1.807, 2.05) is 16.9 Å². The van der Waals surface area contributed by atoms with Crippen LogP contribution in [-0.2, 0) is 13.1 Å². The Morgan fingerprint density at radius 1 is 1.45 bits per heavy atom. The van der Waals surface area contributed by atoms with Crippen LogP contribution in [0.3, 0.4) is 0 Å². The predicted octanol–water partition coefficient (Wildman–Crippen LogP) is -0.163. The largest absolute Gasteiger partial charge is 0.383 e. The van der Waals surface area contributed by atoms with Gasteiger partial charge in [0.05, 0.1) is 0 Å². The Morgan fingerprint density at radius 2 is 2.25 bits per heavy atom. The van der Waals surface area contributed by atoms with Crippen LogP contribution in [0.4, 0.5) is 11.5 Å². The smallest absolute Gasteiger partial charge is 0.330 e. The topological polar surface area (TPSA) is 111 Å². The van der Waals surface area contributed by atoms with Gasteiger partial charge in [-0.3, -0.25) is 19.0 Å². The van der Waals surface area contributed by atoms with Crippen LogP contribution in [0.5, 0.6) is 0 Å². The molecule has 2 aromatic rings.